The average Bonchev–Trinajstić information content (AvgIpc) is 2.85. The molecule has 0 radical (unpaired) electrons. The summed E-state index contributed by atoms with van der Waals surface area (Å²) in [5.74, 6) is 0.131. The van der Waals surface area contributed by atoms with Crippen molar-refractivity contribution in [3.63, 3.8) is 0 Å². The number of nitriles is 1. The van der Waals surface area contributed by atoms with E-state index in [9.17, 15) is 9.59 Å². The first kappa shape index (κ1) is 21.3. The molecule has 32 heavy (non-hydrogen) atoms. The molecule has 160 valence electrons. The SMILES string of the molecule is Cc1ccc(C(=O)N2CCC(c3ccc(C#N)cc3)CC2)cc1NC(=O)c1ccncc1. The largest absolute Gasteiger partial charge is 0.339 e. The molecule has 2 heterocycles. The maximum atomic E-state index is 13.1. The predicted molar refractivity (Wildman–Crippen MR) is 122 cm³/mol. The van der Waals surface area contributed by atoms with E-state index in [-0.39, 0.29) is 11.8 Å². The molecule has 1 saturated heterocycles. The molecule has 0 aliphatic carbocycles. The minimum atomic E-state index is -0.233. The Morgan fingerprint density at radius 2 is 1.69 bits per heavy atom. The number of pyridine rings is 1. The van der Waals surface area contributed by atoms with Crippen LogP contribution in [0.25, 0.3) is 0 Å². The van der Waals surface area contributed by atoms with Gasteiger partial charge in [0.05, 0.1) is 11.6 Å². The van der Waals surface area contributed by atoms with Crippen molar-refractivity contribution in [2.45, 2.75) is 25.7 Å². The van der Waals surface area contributed by atoms with E-state index in [2.05, 4.69) is 16.4 Å². The standard InChI is InChI=1S/C26H24N4O2/c1-18-2-5-23(16-24(18)29-25(31)22-8-12-28-13-9-22)26(32)30-14-10-21(11-15-30)20-6-3-19(17-27)4-7-20/h2-9,12-13,16,21H,10-11,14-15H2,1H3,(H,29,31). The first-order chi connectivity index (χ1) is 15.5. The van der Waals surface area contributed by atoms with Crippen molar-refractivity contribution in [3.8, 4) is 6.07 Å². The number of amides is 2. The van der Waals surface area contributed by atoms with Crippen molar-refractivity contribution in [3.05, 3.63) is 94.8 Å². The Hall–Kier alpha value is -3.98. The second-order valence-electron chi connectivity index (χ2n) is 8.02. The maximum absolute atomic E-state index is 13.1. The summed E-state index contributed by atoms with van der Waals surface area (Å²) >= 11 is 0. The second kappa shape index (κ2) is 9.44. The number of benzene rings is 2. The molecule has 1 aromatic heterocycles. The number of aryl methyl sites for hydroxylation is 1. The van der Waals surface area contributed by atoms with Crippen LogP contribution in [-0.2, 0) is 0 Å². The highest BCUT2D eigenvalue weighted by atomic mass is 16.2. The zero-order valence-corrected chi connectivity index (χ0v) is 17.9. The number of anilines is 1. The van der Waals surface area contributed by atoms with E-state index < -0.39 is 0 Å². The number of aromatic nitrogens is 1. The van der Waals surface area contributed by atoms with Gasteiger partial charge in [-0.25, -0.2) is 0 Å². The van der Waals surface area contributed by atoms with Gasteiger partial charge in [0.1, 0.15) is 0 Å². The molecule has 2 amide bonds. The molecule has 2 aromatic carbocycles. The minimum absolute atomic E-state index is 0.0253. The van der Waals surface area contributed by atoms with Crippen LogP contribution in [0, 0.1) is 18.3 Å². The Bertz CT molecular complexity index is 1160. The van der Waals surface area contributed by atoms with Gasteiger partial charge in [0.15, 0.2) is 0 Å². The van der Waals surface area contributed by atoms with Crippen molar-refractivity contribution in [1.29, 1.82) is 5.26 Å². The Balaban J connectivity index is 1.42. The lowest BCUT2D eigenvalue weighted by molar-refractivity contribution is 0.0712. The van der Waals surface area contributed by atoms with Crippen LogP contribution in [0.1, 0.15) is 56.2 Å². The molecule has 3 aromatic rings. The molecule has 1 fully saturated rings. The molecule has 0 unspecified atom stereocenters. The van der Waals surface area contributed by atoms with Crippen LogP contribution in [0.15, 0.2) is 67.0 Å². The van der Waals surface area contributed by atoms with Gasteiger partial charge in [0.2, 0.25) is 0 Å². The van der Waals surface area contributed by atoms with E-state index in [0.717, 1.165) is 18.4 Å². The third kappa shape index (κ3) is 4.68. The molecule has 0 bridgehead atoms. The molecule has 1 aliphatic heterocycles. The van der Waals surface area contributed by atoms with Crippen molar-refractivity contribution in [2.75, 3.05) is 18.4 Å². The second-order valence-corrected chi connectivity index (χ2v) is 8.02. The molecule has 6 nitrogen and oxygen atoms in total. The third-order valence-corrected chi connectivity index (χ3v) is 5.97. The van der Waals surface area contributed by atoms with E-state index in [0.29, 0.717) is 41.4 Å². The summed E-state index contributed by atoms with van der Waals surface area (Å²) in [5, 5.41) is 11.9. The van der Waals surface area contributed by atoms with E-state index in [1.54, 1.807) is 30.6 Å². The first-order valence-electron chi connectivity index (χ1n) is 10.7. The fourth-order valence-electron chi connectivity index (χ4n) is 4.02. The number of nitrogens with zero attached hydrogens (tertiary/aromatic N) is 3. The Morgan fingerprint density at radius 1 is 1.00 bits per heavy atom. The van der Waals surface area contributed by atoms with Gasteiger partial charge in [-0.05, 0) is 73.2 Å². The Labute approximate surface area is 187 Å². The zero-order chi connectivity index (χ0) is 22.5. The number of carbonyl (C=O) groups is 2. The van der Waals surface area contributed by atoms with E-state index >= 15 is 0 Å². The summed E-state index contributed by atoms with van der Waals surface area (Å²) < 4.78 is 0. The van der Waals surface area contributed by atoms with Gasteiger partial charge < -0.3 is 10.2 Å². The normalized spacial score (nSPS) is 13.9. The highest BCUT2D eigenvalue weighted by Crippen LogP contribution is 2.29. The summed E-state index contributed by atoms with van der Waals surface area (Å²) in [6.07, 6.45) is 4.91. The highest BCUT2D eigenvalue weighted by Gasteiger charge is 2.25. The third-order valence-electron chi connectivity index (χ3n) is 5.97. The molecule has 1 N–H and O–H groups in total. The van der Waals surface area contributed by atoms with Gasteiger partial charge in [-0.15, -0.1) is 0 Å². The number of likely N-dealkylation sites (tertiary alicyclic amines) is 1. The number of rotatable bonds is 4. The van der Waals surface area contributed by atoms with Crippen LogP contribution < -0.4 is 5.32 Å². The van der Waals surface area contributed by atoms with Crippen LogP contribution >= 0.6 is 0 Å². The molecule has 6 heteroatoms. The van der Waals surface area contributed by atoms with Gasteiger partial charge in [-0.3, -0.25) is 14.6 Å². The number of hydrogen-bond donors (Lipinski definition) is 1. The molecular weight excluding hydrogens is 400 g/mol. The maximum Gasteiger partial charge on any atom is 0.255 e. The fraction of sp³-hybridized carbons (Fsp3) is 0.231. The first-order valence-corrected chi connectivity index (χ1v) is 10.7. The van der Waals surface area contributed by atoms with Gasteiger partial charge in [-0.1, -0.05) is 18.2 Å². The van der Waals surface area contributed by atoms with E-state index in [1.165, 1.54) is 5.56 Å². The average molecular weight is 425 g/mol. The monoisotopic (exact) mass is 424 g/mol. The lowest BCUT2D eigenvalue weighted by Gasteiger charge is -2.32. The smallest absolute Gasteiger partial charge is 0.255 e. The van der Waals surface area contributed by atoms with Gasteiger partial charge in [0.25, 0.3) is 11.8 Å². The Morgan fingerprint density at radius 3 is 2.34 bits per heavy atom. The van der Waals surface area contributed by atoms with Crippen LogP contribution in [0.3, 0.4) is 0 Å². The van der Waals surface area contributed by atoms with Gasteiger partial charge >= 0.3 is 0 Å². The predicted octanol–water partition coefficient (Wildman–Crippen LogP) is 4.53. The summed E-state index contributed by atoms with van der Waals surface area (Å²) in [5.41, 5.74) is 4.48. The zero-order valence-electron chi connectivity index (χ0n) is 17.9. The van der Waals surface area contributed by atoms with Crippen LogP contribution in [0.5, 0.6) is 0 Å². The molecule has 1 aliphatic rings. The lowest BCUT2D eigenvalue weighted by atomic mass is 9.89. The lowest BCUT2D eigenvalue weighted by Crippen LogP contribution is -2.38. The minimum Gasteiger partial charge on any atom is -0.339 e. The highest BCUT2D eigenvalue weighted by molar-refractivity contribution is 6.05. The summed E-state index contributed by atoms with van der Waals surface area (Å²) in [6, 6.07) is 18.6. The summed E-state index contributed by atoms with van der Waals surface area (Å²) in [4.78, 5) is 31.4. The van der Waals surface area contributed by atoms with Crippen molar-refractivity contribution in [1.82, 2.24) is 9.88 Å². The van der Waals surface area contributed by atoms with Crippen LogP contribution in [0.4, 0.5) is 5.69 Å². The topological polar surface area (TPSA) is 86.1 Å². The quantitative estimate of drug-likeness (QED) is 0.666. The van der Waals surface area contributed by atoms with Gasteiger partial charge in [-0.2, -0.15) is 5.26 Å². The van der Waals surface area contributed by atoms with Crippen LogP contribution in [-0.4, -0.2) is 34.8 Å². The molecular formula is C26H24N4O2. The summed E-state index contributed by atoms with van der Waals surface area (Å²) in [7, 11) is 0. The van der Waals surface area contributed by atoms with Crippen LogP contribution in [0.2, 0.25) is 0 Å². The number of hydrogen-bond acceptors (Lipinski definition) is 4. The number of piperidine rings is 1. The van der Waals surface area contributed by atoms with E-state index in [1.807, 2.05) is 48.2 Å². The van der Waals surface area contributed by atoms with Crippen molar-refractivity contribution in [2.24, 2.45) is 0 Å². The fourth-order valence-corrected chi connectivity index (χ4v) is 4.02. The summed E-state index contributed by atoms with van der Waals surface area (Å²) in [6.45, 7) is 3.26. The molecule has 0 spiro atoms. The van der Waals surface area contributed by atoms with Gasteiger partial charge in [0, 0.05) is 42.3 Å². The van der Waals surface area contributed by atoms with Crippen molar-refractivity contribution >= 4 is 17.5 Å². The molecule has 0 atom stereocenters. The van der Waals surface area contributed by atoms with E-state index in [4.69, 9.17) is 5.26 Å². The molecule has 4 rings (SSSR count). The number of carbonyl (C=O) groups excluding carboxylic acids is 2. The Kier molecular flexibility index (Phi) is 6.27. The number of nitrogens with one attached hydrogen (secondary N) is 1. The molecule has 0 saturated carbocycles. The van der Waals surface area contributed by atoms with Crippen molar-refractivity contribution < 1.29 is 9.59 Å².